The van der Waals surface area contributed by atoms with Crippen LogP contribution < -0.4 is 15.4 Å². The summed E-state index contributed by atoms with van der Waals surface area (Å²) in [7, 11) is 1.47. The zero-order chi connectivity index (χ0) is 25.0. The van der Waals surface area contributed by atoms with Crippen molar-refractivity contribution in [2.45, 2.75) is 38.0 Å². The average molecular weight is 494 g/mol. The van der Waals surface area contributed by atoms with Gasteiger partial charge in [-0.15, -0.1) is 0 Å². The number of hydrogen-bond donors (Lipinski definition) is 3. The average Bonchev–Trinajstić information content (AvgIpc) is 3.19. The van der Waals surface area contributed by atoms with E-state index in [4.69, 9.17) is 4.74 Å². The summed E-state index contributed by atoms with van der Waals surface area (Å²) in [5, 5.41) is 7.41. The summed E-state index contributed by atoms with van der Waals surface area (Å²) in [5.74, 6) is 0.285. The van der Waals surface area contributed by atoms with Crippen molar-refractivity contribution in [3.8, 4) is 5.88 Å². The van der Waals surface area contributed by atoms with Gasteiger partial charge in [-0.25, -0.2) is 4.98 Å². The van der Waals surface area contributed by atoms with Crippen molar-refractivity contribution in [3.05, 3.63) is 53.3 Å². The molecule has 3 aromatic rings. The van der Waals surface area contributed by atoms with E-state index in [1.165, 1.54) is 12.0 Å². The number of nitrogens with one attached hydrogen (secondary N) is 3. The molecule has 2 aromatic heterocycles. The van der Waals surface area contributed by atoms with E-state index < -0.39 is 18.8 Å². The van der Waals surface area contributed by atoms with Gasteiger partial charge in [-0.05, 0) is 44.0 Å². The normalized spacial score (nSPS) is 18.6. The van der Waals surface area contributed by atoms with Gasteiger partial charge in [0, 0.05) is 41.3 Å². The van der Waals surface area contributed by atoms with Crippen LogP contribution in [-0.2, 0) is 6.42 Å². The molecule has 0 bridgehead atoms. The van der Waals surface area contributed by atoms with E-state index in [1.807, 2.05) is 37.3 Å². The summed E-state index contributed by atoms with van der Waals surface area (Å²) in [6.45, 7) is 2.18. The second-order valence-corrected chi connectivity index (χ2v) is 8.85. The molecule has 0 unspecified atom stereocenters. The number of para-hydroxylation sites is 1. The van der Waals surface area contributed by atoms with Gasteiger partial charge in [0.15, 0.2) is 0 Å². The van der Waals surface area contributed by atoms with E-state index in [-0.39, 0.29) is 18.6 Å². The maximum atomic E-state index is 13.7. The van der Waals surface area contributed by atoms with Crippen molar-refractivity contribution in [2.24, 2.45) is 0 Å². The number of hydrogen-bond acceptors (Lipinski definition) is 5. The molecule has 0 fully saturated rings. The van der Waals surface area contributed by atoms with Crippen molar-refractivity contribution < 1.29 is 22.3 Å². The summed E-state index contributed by atoms with van der Waals surface area (Å²) >= 11 is 0. The molecule has 1 aliphatic rings. The van der Waals surface area contributed by atoms with Crippen molar-refractivity contribution in [3.63, 3.8) is 0 Å². The fraction of sp³-hybridized carbons (Fsp3) is 0.480. The molecule has 4 rings (SSSR count). The van der Waals surface area contributed by atoms with E-state index in [0.29, 0.717) is 43.7 Å². The molecule has 0 aliphatic carbocycles. The molecule has 1 aliphatic heterocycles. The highest BCUT2D eigenvalue weighted by Gasteiger charge is 2.43. The summed E-state index contributed by atoms with van der Waals surface area (Å²) < 4.78 is 58.9. The molecular formula is C25H31F4N5O. The highest BCUT2D eigenvalue weighted by Crippen LogP contribution is 2.44. The lowest BCUT2D eigenvalue weighted by Gasteiger charge is -2.41. The summed E-state index contributed by atoms with van der Waals surface area (Å²) in [4.78, 5) is 9.27. The molecule has 0 spiro atoms. The Hall–Kier alpha value is -2.85. The first-order valence-electron chi connectivity index (χ1n) is 11.8. The Morgan fingerprint density at radius 1 is 1.20 bits per heavy atom. The van der Waals surface area contributed by atoms with Crippen LogP contribution in [0, 0.1) is 0 Å². The zero-order valence-electron chi connectivity index (χ0n) is 19.9. The number of aromatic amines is 1. The Kier molecular flexibility index (Phi) is 7.81. The SMILES string of the molecule is COc1ncc(NCCNCCCF)cc1[C@@H]1c2[nH]c3ccccc3c2C[C@@H](C)N1CC(F)(F)F. The third-order valence-electron chi connectivity index (χ3n) is 6.36. The monoisotopic (exact) mass is 493 g/mol. The van der Waals surface area contributed by atoms with Crippen LogP contribution in [0.5, 0.6) is 5.88 Å². The second-order valence-electron chi connectivity index (χ2n) is 8.85. The first-order valence-corrected chi connectivity index (χ1v) is 11.8. The molecule has 0 saturated carbocycles. The maximum absolute atomic E-state index is 13.7. The van der Waals surface area contributed by atoms with E-state index in [9.17, 15) is 17.6 Å². The molecule has 2 atom stereocenters. The van der Waals surface area contributed by atoms with Crippen molar-refractivity contribution in [2.75, 3.05) is 45.3 Å². The number of alkyl halides is 4. The van der Waals surface area contributed by atoms with Crippen LogP contribution in [0.2, 0.25) is 0 Å². The fourth-order valence-electron chi connectivity index (χ4n) is 4.84. The predicted octanol–water partition coefficient (Wildman–Crippen LogP) is 4.83. The number of anilines is 1. The molecule has 3 N–H and O–H groups in total. The first kappa shape index (κ1) is 25.2. The summed E-state index contributed by atoms with van der Waals surface area (Å²) in [6, 6.07) is 8.53. The molecule has 0 amide bonds. The Balaban J connectivity index is 1.72. The van der Waals surface area contributed by atoms with E-state index in [0.717, 1.165) is 22.2 Å². The highest BCUT2D eigenvalue weighted by molar-refractivity contribution is 5.85. The number of methoxy groups -OCH3 is 1. The van der Waals surface area contributed by atoms with Crippen molar-refractivity contribution in [1.29, 1.82) is 0 Å². The van der Waals surface area contributed by atoms with Crippen molar-refractivity contribution >= 4 is 16.6 Å². The van der Waals surface area contributed by atoms with Crippen LogP contribution in [0.3, 0.4) is 0 Å². The molecular weight excluding hydrogens is 462 g/mol. The minimum Gasteiger partial charge on any atom is -0.481 e. The number of nitrogens with zero attached hydrogens (tertiary/aromatic N) is 2. The van der Waals surface area contributed by atoms with Gasteiger partial charge in [0.2, 0.25) is 5.88 Å². The fourth-order valence-corrected chi connectivity index (χ4v) is 4.84. The molecule has 3 heterocycles. The van der Waals surface area contributed by atoms with Gasteiger partial charge in [-0.3, -0.25) is 9.29 Å². The van der Waals surface area contributed by atoms with Crippen LogP contribution in [0.15, 0.2) is 36.5 Å². The number of rotatable bonds is 10. The topological polar surface area (TPSA) is 65.2 Å². The Bertz CT molecular complexity index is 1130. The van der Waals surface area contributed by atoms with Crippen molar-refractivity contribution in [1.82, 2.24) is 20.2 Å². The number of fused-ring (bicyclic) bond motifs is 3. The third kappa shape index (κ3) is 5.70. The Morgan fingerprint density at radius 2 is 2.00 bits per heavy atom. The minimum atomic E-state index is -4.36. The van der Waals surface area contributed by atoms with Crippen LogP contribution in [0.25, 0.3) is 10.9 Å². The van der Waals surface area contributed by atoms with Gasteiger partial charge in [0.05, 0.1) is 38.3 Å². The number of ether oxygens (including phenoxy) is 1. The number of pyridine rings is 1. The van der Waals surface area contributed by atoms with Crippen LogP contribution in [0.1, 0.15) is 36.2 Å². The summed E-state index contributed by atoms with van der Waals surface area (Å²) in [5.41, 5.74) is 3.89. The second kappa shape index (κ2) is 10.8. The molecule has 0 saturated heterocycles. The smallest absolute Gasteiger partial charge is 0.401 e. The largest absolute Gasteiger partial charge is 0.481 e. The van der Waals surface area contributed by atoms with Gasteiger partial charge >= 0.3 is 6.18 Å². The number of benzene rings is 1. The zero-order valence-corrected chi connectivity index (χ0v) is 19.9. The van der Waals surface area contributed by atoms with Gasteiger partial charge in [-0.1, -0.05) is 18.2 Å². The quantitative estimate of drug-likeness (QED) is 0.279. The number of aromatic nitrogens is 2. The Morgan fingerprint density at radius 3 is 2.74 bits per heavy atom. The van der Waals surface area contributed by atoms with E-state index >= 15 is 0 Å². The lowest BCUT2D eigenvalue weighted by molar-refractivity contribution is -0.155. The summed E-state index contributed by atoms with van der Waals surface area (Å²) in [6.07, 6.45) is -1.80. The molecule has 35 heavy (non-hydrogen) atoms. The lowest BCUT2D eigenvalue weighted by Crippen LogP contribution is -2.47. The standard InChI is InChI=1S/C25H31F4N5O/c1-16-12-19-18-6-3-4-7-21(18)33-22(19)23(34(16)15-25(27,28)29)20-13-17(14-32-24(20)35-2)31-11-10-30-9-5-8-26/h3-4,6-7,13-14,16,23,30-31,33H,5,8-12,15H2,1-2H3/t16-,23-/m1/s1. The first-order chi connectivity index (χ1) is 16.8. The molecule has 1 aromatic carbocycles. The van der Waals surface area contributed by atoms with Gasteiger partial charge in [0.1, 0.15) is 0 Å². The molecule has 10 heteroatoms. The highest BCUT2D eigenvalue weighted by atomic mass is 19.4. The molecule has 6 nitrogen and oxygen atoms in total. The van der Waals surface area contributed by atoms with Crippen LogP contribution in [-0.4, -0.2) is 67.0 Å². The van der Waals surface area contributed by atoms with Crippen LogP contribution in [0.4, 0.5) is 23.2 Å². The van der Waals surface area contributed by atoms with E-state index in [1.54, 1.807) is 6.20 Å². The van der Waals surface area contributed by atoms with Gasteiger partial charge in [0.25, 0.3) is 0 Å². The van der Waals surface area contributed by atoms with Gasteiger partial charge < -0.3 is 20.4 Å². The van der Waals surface area contributed by atoms with E-state index in [2.05, 4.69) is 20.6 Å². The maximum Gasteiger partial charge on any atom is 0.401 e. The Labute approximate surface area is 202 Å². The predicted molar refractivity (Wildman–Crippen MR) is 129 cm³/mol. The lowest BCUT2D eigenvalue weighted by atomic mass is 9.88. The third-order valence-corrected chi connectivity index (χ3v) is 6.36. The number of halogens is 4. The van der Waals surface area contributed by atoms with Gasteiger partial charge in [-0.2, -0.15) is 13.2 Å². The minimum absolute atomic E-state index is 0.285. The van der Waals surface area contributed by atoms with Crippen LogP contribution >= 0.6 is 0 Å². The molecule has 0 radical (unpaired) electrons. The molecule has 190 valence electrons. The number of H-pyrrole nitrogens is 1.